The van der Waals surface area contributed by atoms with E-state index in [9.17, 15) is 0 Å². The van der Waals surface area contributed by atoms with Crippen LogP contribution in [-0.2, 0) is 7.05 Å². The molecule has 1 heterocycles. The maximum absolute atomic E-state index is 5.07. The van der Waals surface area contributed by atoms with E-state index < -0.39 is 0 Å². The first-order valence-corrected chi connectivity index (χ1v) is 2.81. The molecule has 1 rings (SSSR count). The Labute approximate surface area is 53.5 Å². The van der Waals surface area contributed by atoms with Crippen molar-refractivity contribution in [1.29, 1.82) is 0 Å². The van der Waals surface area contributed by atoms with Crippen LogP contribution in [0.1, 0.15) is 6.92 Å². The monoisotopic (exact) mass is 127 g/mol. The van der Waals surface area contributed by atoms with Crippen LogP contribution in [0.25, 0.3) is 0 Å². The van der Waals surface area contributed by atoms with Gasteiger partial charge in [-0.15, -0.1) is 5.10 Å². The summed E-state index contributed by atoms with van der Waals surface area (Å²) < 4.78 is 6.79. The van der Waals surface area contributed by atoms with E-state index in [1.807, 2.05) is 14.0 Å². The number of ether oxygens (including phenoxy) is 1. The van der Waals surface area contributed by atoms with Crippen molar-refractivity contribution in [2.45, 2.75) is 6.92 Å². The highest BCUT2D eigenvalue weighted by molar-refractivity contribution is 4.89. The van der Waals surface area contributed by atoms with E-state index in [-0.39, 0.29) is 0 Å². The van der Waals surface area contributed by atoms with Gasteiger partial charge in [-0.25, -0.2) is 0 Å². The molecule has 50 valence electrons. The van der Waals surface area contributed by atoms with E-state index in [1.165, 1.54) is 0 Å². The summed E-state index contributed by atoms with van der Waals surface area (Å²) in [4.78, 5) is 0. The zero-order chi connectivity index (χ0) is 6.69. The third-order valence-corrected chi connectivity index (χ3v) is 0.943. The van der Waals surface area contributed by atoms with E-state index in [2.05, 4.69) is 10.2 Å². The second-order valence-electron chi connectivity index (χ2n) is 1.66. The zero-order valence-corrected chi connectivity index (χ0v) is 5.53. The van der Waals surface area contributed by atoms with Crippen LogP contribution in [-0.4, -0.2) is 21.4 Å². The molecule has 0 aliphatic carbocycles. The second-order valence-corrected chi connectivity index (χ2v) is 1.66. The molecule has 0 fully saturated rings. The minimum atomic E-state index is 0.567. The lowest BCUT2D eigenvalue weighted by Gasteiger charge is -1.97. The summed E-state index contributed by atoms with van der Waals surface area (Å²) in [5.41, 5.74) is 0. The topological polar surface area (TPSA) is 39.9 Å². The van der Waals surface area contributed by atoms with Crippen molar-refractivity contribution in [2.24, 2.45) is 7.05 Å². The van der Waals surface area contributed by atoms with Crippen molar-refractivity contribution in [1.82, 2.24) is 14.8 Å². The predicted octanol–water partition coefficient (Wildman–Crippen LogP) is 0.214. The van der Waals surface area contributed by atoms with Crippen molar-refractivity contribution < 1.29 is 4.74 Å². The molecule has 0 spiro atoms. The van der Waals surface area contributed by atoms with Gasteiger partial charge < -0.3 is 4.74 Å². The van der Waals surface area contributed by atoms with E-state index in [0.717, 1.165) is 0 Å². The summed E-state index contributed by atoms with van der Waals surface area (Å²) in [5, 5.41) is 7.32. The van der Waals surface area contributed by atoms with Crippen LogP contribution >= 0.6 is 0 Å². The fourth-order valence-corrected chi connectivity index (χ4v) is 0.532. The summed E-state index contributed by atoms with van der Waals surface area (Å²) >= 11 is 0. The van der Waals surface area contributed by atoms with Crippen LogP contribution in [0.3, 0.4) is 0 Å². The normalized spacial score (nSPS) is 9.56. The number of nitrogens with zero attached hydrogens (tertiary/aromatic N) is 3. The summed E-state index contributed by atoms with van der Waals surface area (Å²) in [7, 11) is 1.84. The van der Waals surface area contributed by atoms with Gasteiger partial charge in [0.05, 0.1) is 6.61 Å². The molecular formula is C5H9N3O. The molecule has 1 aromatic rings. The van der Waals surface area contributed by atoms with Gasteiger partial charge in [0.15, 0.2) is 0 Å². The molecule has 0 radical (unpaired) electrons. The Kier molecular flexibility index (Phi) is 1.67. The molecule has 9 heavy (non-hydrogen) atoms. The Morgan fingerprint density at radius 3 is 3.00 bits per heavy atom. The van der Waals surface area contributed by atoms with Gasteiger partial charge in [0.25, 0.3) is 0 Å². The number of aryl methyl sites for hydroxylation is 1. The van der Waals surface area contributed by atoms with Gasteiger partial charge in [0.2, 0.25) is 0 Å². The molecule has 1 aromatic heterocycles. The molecule has 0 saturated heterocycles. The number of hydrogen-bond acceptors (Lipinski definition) is 3. The van der Waals surface area contributed by atoms with Gasteiger partial charge in [0, 0.05) is 7.05 Å². The highest BCUT2D eigenvalue weighted by atomic mass is 16.5. The predicted molar refractivity (Wildman–Crippen MR) is 32.2 cm³/mol. The number of rotatable bonds is 2. The lowest BCUT2D eigenvalue weighted by Crippen LogP contribution is -1.98. The summed E-state index contributed by atoms with van der Waals surface area (Å²) in [6, 6.07) is 0.567. The van der Waals surface area contributed by atoms with E-state index in [1.54, 1.807) is 10.9 Å². The first-order chi connectivity index (χ1) is 4.34. The fraction of sp³-hybridized carbons (Fsp3) is 0.600. The van der Waals surface area contributed by atoms with Crippen molar-refractivity contribution in [3.63, 3.8) is 0 Å². The smallest absolute Gasteiger partial charge is 0.316 e. The van der Waals surface area contributed by atoms with Crippen LogP contribution in [0, 0.1) is 0 Å². The maximum Gasteiger partial charge on any atom is 0.316 e. The van der Waals surface area contributed by atoms with E-state index in [0.29, 0.717) is 12.6 Å². The summed E-state index contributed by atoms with van der Waals surface area (Å²) in [5.74, 6) is 0. The molecule has 0 bridgehead atoms. The van der Waals surface area contributed by atoms with Crippen molar-refractivity contribution in [2.75, 3.05) is 6.61 Å². The first-order valence-electron chi connectivity index (χ1n) is 2.81. The standard InChI is InChI=1S/C5H9N3O/c1-3-9-5-7-6-4-8(5)2/h4H,3H2,1-2H3. The third-order valence-electron chi connectivity index (χ3n) is 0.943. The van der Waals surface area contributed by atoms with Crippen molar-refractivity contribution in [3.05, 3.63) is 6.33 Å². The van der Waals surface area contributed by atoms with E-state index in [4.69, 9.17) is 4.74 Å². The Balaban J connectivity index is 2.69. The molecular weight excluding hydrogens is 118 g/mol. The molecule has 0 saturated carbocycles. The van der Waals surface area contributed by atoms with Gasteiger partial charge in [-0.3, -0.25) is 4.57 Å². The Morgan fingerprint density at radius 1 is 1.78 bits per heavy atom. The highest BCUT2D eigenvalue weighted by Crippen LogP contribution is 1.99. The van der Waals surface area contributed by atoms with Crippen molar-refractivity contribution in [3.8, 4) is 6.01 Å². The van der Waals surface area contributed by atoms with E-state index >= 15 is 0 Å². The van der Waals surface area contributed by atoms with Crippen LogP contribution in [0.5, 0.6) is 6.01 Å². The lowest BCUT2D eigenvalue weighted by atomic mass is 10.9. The van der Waals surface area contributed by atoms with Gasteiger partial charge >= 0.3 is 6.01 Å². The average molecular weight is 127 g/mol. The number of aromatic nitrogens is 3. The Bertz CT molecular complexity index is 184. The maximum atomic E-state index is 5.07. The lowest BCUT2D eigenvalue weighted by molar-refractivity contribution is 0.301. The van der Waals surface area contributed by atoms with Crippen LogP contribution in [0.4, 0.5) is 0 Å². The number of hydrogen-bond donors (Lipinski definition) is 0. The molecule has 0 aromatic carbocycles. The Hall–Kier alpha value is -1.06. The Morgan fingerprint density at radius 2 is 2.56 bits per heavy atom. The average Bonchev–Trinajstić information content (AvgIpc) is 2.18. The molecule has 0 atom stereocenters. The van der Waals surface area contributed by atoms with Crippen LogP contribution in [0.2, 0.25) is 0 Å². The molecule has 0 N–H and O–H groups in total. The van der Waals surface area contributed by atoms with Gasteiger partial charge in [0.1, 0.15) is 6.33 Å². The second kappa shape index (κ2) is 2.48. The molecule has 0 aliphatic rings. The quantitative estimate of drug-likeness (QED) is 0.570. The largest absolute Gasteiger partial charge is 0.464 e. The highest BCUT2D eigenvalue weighted by Gasteiger charge is 1.96. The third kappa shape index (κ3) is 1.19. The van der Waals surface area contributed by atoms with Crippen LogP contribution in [0.15, 0.2) is 6.33 Å². The first kappa shape index (κ1) is 6.07. The zero-order valence-electron chi connectivity index (χ0n) is 5.53. The minimum Gasteiger partial charge on any atom is -0.464 e. The molecule has 0 aliphatic heterocycles. The molecule has 0 unspecified atom stereocenters. The fourth-order valence-electron chi connectivity index (χ4n) is 0.532. The summed E-state index contributed by atoms with van der Waals surface area (Å²) in [6.45, 7) is 2.54. The van der Waals surface area contributed by atoms with Gasteiger partial charge in [-0.1, -0.05) is 5.10 Å². The van der Waals surface area contributed by atoms with Gasteiger partial charge in [-0.05, 0) is 6.92 Å². The van der Waals surface area contributed by atoms with Gasteiger partial charge in [-0.2, -0.15) is 0 Å². The minimum absolute atomic E-state index is 0.567. The van der Waals surface area contributed by atoms with Crippen molar-refractivity contribution >= 4 is 0 Å². The molecule has 4 nitrogen and oxygen atoms in total. The van der Waals surface area contributed by atoms with Crippen LogP contribution < -0.4 is 4.74 Å². The summed E-state index contributed by atoms with van der Waals surface area (Å²) in [6.07, 6.45) is 1.60. The SMILES string of the molecule is CCOc1nncn1C. The molecule has 4 heteroatoms. The molecule has 0 amide bonds.